The van der Waals surface area contributed by atoms with Gasteiger partial charge in [-0.1, -0.05) is 12.2 Å². The second-order valence-corrected chi connectivity index (χ2v) is 6.50. The molecule has 26 heavy (non-hydrogen) atoms. The van der Waals surface area contributed by atoms with E-state index >= 15 is 0 Å². The molecule has 8 nitrogen and oxygen atoms in total. The largest absolute Gasteiger partial charge is 0.335 e. The zero-order chi connectivity index (χ0) is 18.1. The summed E-state index contributed by atoms with van der Waals surface area (Å²) in [5, 5.41) is 0. The lowest BCUT2D eigenvalue weighted by atomic mass is 10.2. The molecule has 0 aromatic carbocycles. The van der Waals surface area contributed by atoms with Gasteiger partial charge in [-0.25, -0.2) is 9.97 Å². The van der Waals surface area contributed by atoms with E-state index in [2.05, 4.69) is 15.0 Å². The quantitative estimate of drug-likeness (QED) is 0.764. The average molecular weight is 352 g/mol. The minimum Gasteiger partial charge on any atom is -0.335 e. The summed E-state index contributed by atoms with van der Waals surface area (Å²) in [5.74, 6) is 0.724. The first kappa shape index (κ1) is 16.4. The first-order chi connectivity index (χ1) is 12.6. The molecule has 2 aromatic heterocycles. The van der Waals surface area contributed by atoms with E-state index in [1.165, 1.54) is 12.4 Å². The van der Waals surface area contributed by atoms with E-state index in [1.807, 2.05) is 29.8 Å². The van der Waals surface area contributed by atoms with Crippen LogP contribution in [0.4, 0.5) is 0 Å². The predicted molar refractivity (Wildman–Crippen MR) is 93.1 cm³/mol. The van der Waals surface area contributed by atoms with Crippen molar-refractivity contribution < 1.29 is 9.59 Å². The Kier molecular flexibility index (Phi) is 4.24. The van der Waals surface area contributed by atoms with Crippen molar-refractivity contribution in [2.24, 2.45) is 0 Å². The number of imidazole rings is 1. The molecular weight excluding hydrogens is 332 g/mol. The van der Waals surface area contributed by atoms with Gasteiger partial charge in [0.05, 0.1) is 24.4 Å². The SMILES string of the molecule is C[C@H]1c2nc(CC(=O)N3CC=CC3)cn2CCN1C(=O)c1cnccn1. The van der Waals surface area contributed by atoms with E-state index in [9.17, 15) is 9.59 Å². The van der Waals surface area contributed by atoms with E-state index in [0.29, 0.717) is 31.9 Å². The molecule has 0 aliphatic carbocycles. The summed E-state index contributed by atoms with van der Waals surface area (Å²) in [6.45, 7) is 4.51. The number of nitrogens with zero attached hydrogens (tertiary/aromatic N) is 6. The third-order valence-electron chi connectivity index (χ3n) is 4.83. The maximum Gasteiger partial charge on any atom is 0.274 e. The summed E-state index contributed by atoms with van der Waals surface area (Å²) in [6, 6.07) is -0.185. The van der Waals surface area contributed by atoms with Crippen molar-refractivity contribution in [1.82, 2.24) is 29.3 Å². The highest BCUT2D eigenvalue weighted by atomic mass is 16.2. The van der Waals surface area contributed by atoms with Crippen molar-refractivity contribution >= 4 is 11.8 Å². The number of aromatic nitrogens is 4. The van der Waals surface area contributed by atoms with E-state index in [4.69, 9.17) is 0 Å². The fraction of sp³-hybridized carbons (Fsp3) is 0.389. The molecule has 0 unspecified atom stereocenters. The monoisotopic (exact) mass is 352 g/mol. The molecular formula is C18H20N6O2. The van der Waals surface area contributed by atoms with Crippen molar-refractivity contribution in [1.29, 1.82) is 0 Å². The van der Waals surface area contributed by atoms with Crippen molar-refractivity contribution in [2.45, 2.75) is 25.9 Å². The van der Waals surface area contributed by atoms with E-state index in [1.54, 1.807) is 16.0 Å². The van der Waals surface area contributed by atoms with Crippen LogP contribution in [0.2, 0.25) is 0 Å². The van der Waals surface area contributed by atoms with Crippen LogP contribution in [0.1, 0.15) is 35.0 Å². The fourth-order valence-corrected chi connectivity index (χ4v) is 3.41. The minimum absolute atomic E-state index is 0.0746. The second kappa shape index (κ2) is 6.70. The molecule has 0 spiro atoms. The second-order valence-electron chi connectivity index (χ2n) is 6.50. The van der Waals surface area contributed by atoms with Gasteiger partial charge in [-0.15, -0.1) is 0 Å². The van der Waals surface area contributed by atoms with Crippen molar-refractivity contribution in [3.05, 3.63) is 54.2 Å². The molecule has 2 aromatic rings. The molecule has 2 aliphatic rings. The third-order valence-corrected chi connectivity index (χ3v) is 4.83. The Labute approximate surface area is 151 Å². The summed E-state index contributed by atoms with van der Waals surface area (Å²) in [5.41, 5.74) is 1.08. The summed E-state index contributed by atoms with van der Waals surface area (Å²) < 4.78 is 2.04. The van der Waals surface area contributed by atoms with E-state index < -0.39 is 0 Å². The molecule has 1 atom stereocenters. The van der Waals surface area contributed by atoms with Crippen LogP contribution in [0.3, 0.4) is 0 Å². The number of rotatable bonds is 3. The highest BCUT2D eigenvalue weighted by Gasteiger charge is 2.31. The van der Waals surface area contributed by atoms with Crippen molar-refractivity contribution in [2.75, 3.05) is 19.6 Å². The maximum atomic E-state index is 12.7. The van der Waals surface area contributed by atoms with Crippen LogP contribution in [0, 0.1) is 0 Å². The molecule has 2 aliphatic heterocycles. The van der Waals surface area contributed by atoms with Gasteiger partial charge < -0.3 is 14.4 Å². The Morgan fingerprint density at radius 2 is 2.00 bits per heavy atom. The van der Waals surface area contributed by atoms with Crippen LogP contribution >= 0.6 is 0 Å². The Bertz CT molecular complexity index is 852. The Balaban J connectivity index is 1.50. The highest BCUT2D eigenvalue weighted by molar-refractivity contribution is 5.92. The molecule has 4 rings (SSSR count). The van der Waals surface area contributed by atoms with Gasteiger partial charge in [-0.3, -0.25) is 14.6 Å². The number of fused-ring (bicyclic) bond motifs is 1. The number of hydrogen-bond donors (Lipinski definition) is 0. The van der Waals surface area contributed by atoms with Crippen LogP contribution in [0.15, 0.2) is 36.9 Å². The highest BCUT2D eigenvalue weighted by Crippen LogP contribution is 2.26. The lowest BCUT2D eigenvalue weighted by Crippen LogP contribution is -2.41. The van der Waals surface area contributed by atoms with Gasteiger partial charge in [0.25, 0.3) is 5.91 Å². The molecule has 4 heterocycles. The standard InChI is InChI=1S/C18H20N6O2/c1-13-17-21-14(10-16(25)22-6-2-3-7-22)12-23(17)8-9-24(13)18(26)15-11-19-4-5-20-15/h2-5,11-13H,6-10H2,1H3/t13-/m0/s1. The molecule has 0 radical (unpaired) electrons. The number of hydrogen-bond acceptors (Lipinski definition) is 5. The van der Waals surface area contributed by atoms with Gasteiger partial charge in [0.2, 0.25) is 5.91 Å². The maximum absolute atomic E-state index is 12.7. The lowest BCUT2D eigenvalue weighted by molar-refractivity contribution is -0.129. The van der Waals surface area contributed by atoms with Gasteiger partial charge in [0, 0.05) is 44.8 Å². The molecule has 0 fully saturated rings. The summed E-state index contributed by atoms with van der Waals surface area (Å²) in [7, 11) is 0. The predicted octanol–water partition coefficient (Wildman–Crippen LogP) is 0.831. The summed E-state index contributed by atoms with van der Waals surface area (Å²) in [6.07, 6.45) is 10.7. The summed E-state index contributed by atoms with van der Waals surface area (Å²) >= 11 is 0. The average Bonchev–Trinajstić information content (AvgIpc) is 3.32. The van der Waals surface area contributed by atoms with Crippen molar-refractivity contribution in [3.8, 4) is 0 Å². The van der Waals surface area contributed by atoms with Gasteiger partial charge in [0.15, 0.2) is 0 Å². The van der Waals surface area contributed by atoms with Gasteiger partial charge >= 0.3 is 0 Å². The Hall–Kier alpha value is -3.03. The molecule has 134 valence electrons. The Morgan fingerprint density at radius 1 is 1.19 bits per heavy atom. The van der Waals surface area contributed by atoms with Gasteiger partial charge in [-0.05, 0) is 6.92 Å². The van der Waals surface area contributed by atoms with Gasteiger partial charge in [-0.2, -0.15) is 0 Å². The topological polar surface area (TPSA) is 84.2 Å². The van der Waals surface area contributed by atoms with Crippen LogP contribution in [0.5, 0.6) is 0 Å². The van der Waals surface area contributed by atoms with E-state index in [0.717, 1.165) is 11.5 Å². The zero-order valence-electron chi connectivity index (χ0n) is 14.6. The van der Waals surface area contributed by atoms with Crippen LogP contribution in [0.25, 0.3) is 0 Å². The van der Waals surface area contributed by atoms with Crippen LogP contribution in [-0.4, -0.2) is 60.8 Å². The molecule has 0 bridgehead atoms. The number of amides is 2. The summed E-state index contributed by atoms with van der Waals surface area (Å²) in [4.78, 5) is 41.3. The minimum atomic E-state index is -0.185. The van der Waals surface area contributed by atoms with Gasteiger partial charge in [0.1, 0.15) is 11.5 Å². The molecule has 2 amide bonds. The first-order valence-electron chi connectivity index (χ1n) is 8.69. The third kappa shape index (κ3) is 2.98. The van der Waals surface area contributed by atoms with Crippen molar-refractivity contribution in [3.63, 3.8) is 0 Å². The normalized spacial score (nSPS) is 18.9. The molecule has 0 N–H and O–H groups in total. The fourth-order valence-electron chi connectivity index (χ4n) is 3.41. The van der Waals surface area contributed by atoms with Crippen LogP contribution in [-0.2, 0) is 17.8 Å². The Morgan fingerprint density at radius 3 is 2.73 bits per heavy atom. The first-order valence-corrected chi connectivity index (χ1v) is 8.69. The van der Waals surface area contributed by atoms with E-state index in [-0.39, 0.29) is 24.3 Å². The molecule has 0 saturated heterocycles. The molecule has 0 saturated carbocycles. The number of carbonyl (C=O) groups excluding carboxylic acids is 2. The smallest absolute Gasteiger partial charge is 0.274 e. The number of carbonyl (C=O) groups is 2. The van der Waals surface area contributed by atoms with Crippen LogP contribution < -0.4 is 0 Å². The zero-order valence-corrected chi connectivity index (χ0v) is 14.6. The lowest BCUT2D eigenvalue weighted by Gasteiger charge is -2.33. The molecule has 8 heteroatoms.